The number of rotatable bonds is 4. The van der Waals surface area contributed by atoms with Crippen molar-refractivity contribution in [3.63, 3.8) is 0 Å². The molecule has 4 rings (SSSR count). The Bertz CT molecular complexity index is 641. The summed E-state index contributed by atoms with van der Waals surface area (Å²) in [4.78, 5) is 13.3. The fraction of sp³-hybridized carbons (Fsp3) is 0.696. The van der Waals surface area contributed by atoms with E-state index in [-0.39, 0.29) is 29.0 Å². The first kappa shape index (κ1) is 21.8. The monoisotopic (exact) mass is 451 g/mol. The Morgan fingerprint density at radius 2 is 1.57 bits per heavy atom. The van der Waals surface area contributed by atoms with Crippen LogP contribution in [0, 0.1) is 5.92 Å². The van der Waals surface area contributed by atoms with Gasteiger partial charge in [-0.3, -0.25) is 0 Å². The molecule has 0 bridgehead atoms. The van der Waals surface area contributed by atoms with E-state index in [1.165, 1.54) is 38.8 Å². The van der Waals surface area contributed by atoms with Gasteiger partial charge >= 0.3 is 5.97 Å². The van der Waals surface area contributed by atoms with E-state index in [0.717, 1.165) is 49.7 Å². The standard InChI is InChI=1S/C23H34NO3.BrH/c25-22(27-21-14-17-24(18-21)15-8-3-9-16-24)23(26,19-10-4-1-5-11-19)20-12-6-2-7-13-20;/h1,4-5,10-11,20-21,26H,2-3,6-9,12-18H2;1H/q+1;/p-1. The number of esters is 1. The fourth-order valence-electron chi connectivity index (χ4n) is 5.69. The molecular formula is C23H34BrNO3. The number of piperidine rings is 1. The molecule has 2 aliphatic heterocycles. The molecule has 1 spiro atoms. The van der Waals surface area contributed by atoms with Crippen LogP contribution in [0.15, 0.2) is 30.3 Å². The zero-order valence-corrected chi connectivity index (χ0v) is 18.4. The molecule has 156 valence electrons. The van der Waals surface area contributed by atoms with Crippen LogP contribution in [-0.2, 0) is 15.1 Å². The summed E-state index contributed by atoms with van der Waals surface area (Å²) in [5.74, 6) is -0.455. The molecule has 1 aromatic carbocycles. The van der Waals surface area contributed by atoms with Gasteiger partial charge < -0.3 is 31.3 Å². The van der Waals surface area contributed by atoms with Crippen LogP contribution >= 0.6 is 0 Å². The van der Waals surface area contributed by atoms with Gasteiger partial charge in [0.2, 0.25) is 0 Å². The summed E-state index contributed by atoms with van der Waals surface area (Å²) in [6.07, 6.45) is 9.94. The van der Waals surface area contributed by atoms with Crippen molar-refractivity contribution >= 4 is 5.97 Å². The highest BCUT2D eigenvalue weighted by molar-refractivity contribution is 5.81. The summed E-state index contributed by atoms with van der Waals surface area (Å²) in [7, 11) is 0. The number of carbonyl (C=O) groups excluding carboxylic acids is 1. The second-order valence-corrected chi connectivity index (χ2v) is 9.04. The molecule has 0 aromatic heterocycles. The number of carbonyl (C=O) groups is 1. The zero-order chi connectivity index (χ0) is 18.7. The molecule has 1 aliphatic carbocycles. The Morgan fingerprint density at radius 1 is 0.929 bits per heavy atom. The topological polar surface area (TPSA) is 46.5 Å². The lowest BCUT2D eigenvalue weighted by Gasteiger charge is -2.39. The molecule has 28 heavy (non-hydrogen) atoms. The third-order valence-electron chi connectivity index (χ3n) is 7.28. The molecule has 2 heterocycles. The molecule has 2 unspecified atom stereocenters. The normalized spacial score (nSPS) is 27.0. The first-order valence-electron chi connectivity index (χ1n) is 11.0. The van der Waals surface area contributed by atoms with Gasteiger partial charge in [-0.05, 0) is 37.7 Å². The quantitative estimate of drug-likeness (QED) is 0.543. The number of hydrogen-bond donors (Lipinski definition) is 1. The van der Waals surface area contributed by atoms with Gasteiger partial charge in [0.1, 0.15) is 6.54 Å². The van der Waals surface area contributed by atoms with Gasteiger partial charge in [-0.1, -0.05) is 49.6 Å². The number of ether oxygens (including phenoxy) is 1. The van der Waals surface area contributed by atoms with Crippen LogP contribution in [0.1, 0.15) is 63.4 Å². The minimum absolute atomic E-state index is 0. The van der Waals surface area contributed by atoms with E-state index in [9.17, 15) is 9.90 Å². The molecule has 0 amide bonds. The molecular weight excluding hydrogens is 418 g/mol. The lowest BCUT2D eigenvalue weighted by molar-refractivity contribution is -0.922. The van der Waals surface area contributed by atoms with Crippen molar-refractivity contribution in [1.82, 2.24) is 0 Å². The summed E-state index contributed by atoms with van der Waals surface area (Å²) in [6.45, 7) is 4.49. The maximum Gasteiger partial charge on any atom is 0.343 e. The number of hydrogen-bond acceptors (Lipinski definition) is 3. The van der Waals surface area contributed by atoms with Gasteiger partial charge in [0.05, 0.1) is 19.6 Å². The van der Waals surface area contributed by atoms with Crippen LogP contribution in [0.3, 0.4) is 0 Å². The van der Waals surface area contributed by atoms with Gasteiger partial charge in [-0.2, -0.15) is 0 Å². The van der Waals surface area contributed by atoms with Crippen molar-refractivity contribution in [2.45, 2.75) is 69.5 Å². The third kappa shape index (κ3) is 4.31. The molecule has 4 nitrogen and oxygen atoms in total. The SMILES string of the molecule is O=C(OC1CC[N+]2(CCCCC2)C1)C(O)(c1ccccc1)C1CCCCC1.[Br-]. The van der Waals surface area contributed by atoms with E-state index in [1.807, 2.05) is 30.3 Å². The molecule has 1 N–H and O–H groups in total. The summed E-state index contributed by atoms with van der Waals surface area (Å²) >= 11 is 0. The van der Waals surface area contributed by atoms with Crippen LogP contribution in [0.5, 0.6) is 0 Å². The summed E-state index contributed by atoms with van der Waals surface area (Å²) in [5, 5.41) is 11.7. The van der Waals surface area contributed by atoms with Crippen molar-refractivity contribution in [1.29, 1.82) is 0 Å². The minimum atomic E-state index is -1.50. The summed E-state index contributed by atoms with van der Waals surface area (Å²) in [6, 6.07) is 9.49. The smallest absolute Gasteiger partial charge is 0.343 e. The molecule has 0 radical (unpaired) electrons. The lowest BCUT2D eigenvalue weighted by Crippen LogP contribution is -3.00. The van der Waals surface area contributed by atoms with Crippen LogP contribution in [0.2, 0.25) is 0 Å². The van der Waals surface area contributed by atoms with E-state index in [2.05, 4.69) is 0 Å². The molecule has 3 aliphatic rings. The second-order valence-electron chi connectivity index (χ2n) is 9.04. The van der Waals surface area contributed by atoms with E-state index in [0.29, 0.717) is 5.56 Å². The van der Waals surface area contributed by atoms with E-state index < -0.39 is 11.6 Å². The van der Waals surface area contributed by atoms with Gasteiger partial charge in [-0.25, -0.2) is 4.79 Å². The Labute approximate surface area is 179 Å². The highest BCUT2D eigenvalue weighted by Gasteiger charge is 2.49. The average Bonchev–Trinajstić information content (AvgIpc) is 3.10. The van der Waals surface area contributed by atoms with E-state index in [4.69, 9.17) is 4.74 Å². The van der Waals surface area contributed by atoms with Crippen molar-refractivity contribution < 1.29 is 36.1 Å². The molecule has 3 fully saturated rings. The van der Waals surface area contributed by atoms with E-state index in [1.54, 1.807) is 0 Å². The third-order valence-corrected chi connectivity index (χ3v) is 7.28. The highest BCUT2D eigenvalue weighted by atomic mass is 79.9. The van der Waals surface area contributed by atoms with Gasteiger partial charge in [0.25, 0.3) is 0 Å². The van der Waals surface area contributed by atoms with E-state index >= 15 is 0 Å². The first-order chi connectivity index (χ1) is 13.1. The maximum atomic E-state index is 13.3. The van der Waals surface area contributed by atoms with Crippen molar-refractivity contribution in [2.24, 2.45) is 5.92 Å². The molecule has 1 aromatic rings. The Balaban J connectivity index is 0.00000225. The van der Waals surface area contributed by atoms with Crippen molar-refractivity contribution in [2.75, 3.05) is 26.2 Å². The van der Waals surface area contributed by atoms with Gasteiger partial charge in [0.15, 0.2) is 11.7 Å². The predicted molar refractivity (Wildman–Crippen MR) is 105 cm³/mol. The van der Waals surface area contributed by atoms with Crippen LogP contribution in [-0.4, -0.2) is 47.8 Å². The highest BCUT2D eigenvalue weighted by Crippen LogP contribution is 2.41. The van der Waals surface area contributed by atoms with Crippen molar-refractivity contribution in [3.8, 4) is 0 Å². The number of nitrogens with zero attached hydrogens (tertiary/aromatic N) is 1. The Hall–Kier alpha value is -0.910. The Kier molecular flexibility index (Phi) is 7.21. The summed E-state index contributed by atoms with van der Waals surface area (Å²) in [5.41, 5.74) is -0.807. The minimum Gasteiger partial charge on any atom is -1.00 e. The molecule has 2 atom stereocenters. The molecule has 5 heteroatoms. The Morgan fingerprint density at radius 3 is 2.25 bits per heavy atom. The number of halogens is 1. The van der Waals surface area contributed by atoms with Crippen LogP contribution < -0.4 is 17.0 Å². The first-order valence-corrected chi connectivity index (χ1v) is 11.0. The maximum absolute atomic E-state index is 13.3. The average molecular weight is 452 g/mol. The largest absolute Gasteiger partial charge is 1.00 e. The number of aliphatic hydroxyl groups is 1. The molecule has 1 saturated carbocycles. The number of benzene rings is 1. The zero-order valence-electron chi connectivity index (χ0n) is 16.8. The van der Waals surface area contributed by atoms with Crippen LogP contribution in [0.25, 0.3) is 0 Å². The fourth-order valence-corrected chi connectivity index (χ4v) is 5.69. The van der Waals surface area contributed by atoms with Gasteiger partial charge in [-0.15, -0.1) is 0 Å². The van der Waals surface area contributed by atoms with Crippen LogP contribution in [0.4, 0.5) is 0 Å². The lowest BCUT2D eigenvalue weighted by atomic mass is 9.73. The second kappa shape index (κ2) is 9.27. The molecule has 2 saturated heterocycles. The predicted octanol–water partition coefficient (Wildman–Crippen LogP) is 0.775. The van der Waals surface area contributed by atoms with Crippen molar-refractivity contribution in [3.05, 3.63) is 35.9 Å². The summed E-state index contributed by atoms with van der Waals surface area (Å²) < 4.78 is 7.12. The van der Waals surface area contributed by atoms with Gasteiger partial charge in [0, 0.05) is 12.3 Å². The number of quaternary nitrogens is 1.